The van der Waals surface area contributed by atoms with Crippen molar-refractivity contribution in [2.24, 2.45) is 0 Å². The molecule has 0 unspecified atom stereocenters. The molecule has 0 spiro atoms. The lowest BCUT2D eigenvalue weighted by Crippen LogP contribution is -2.15. The zero-order valence-corrected chi connectivity index (χ0v) is 37.6. The average Bonchev–Trinajstić information content (AvgIpc) is 3.75. The summed E-state index contributed by atoms with van der Waals surface area (Å²) in [6, 6.07) is 60.9. The van der Waals surface area contributed by atoms with Gasteiger partial charge in [0.25, 0.3) is 0 Å². The van der Waals surface area contributed by atoms with Crippen molar-refractivity contribution in [2.75, 3.05) is 0 Å². The zero-order valence-electron chi connectivity index (χ0n) is 36.8. The highest BCUT2D eigenvalue weighted by Crippen LogP contribution is 2.52. The van der Waals surface area contributed by atoms with Crippen molar-refractivity contribution in [1.29, 1.82) is 0 Å². The molecule has 9 aromatic rings. The molecule has 0 fully saturated rings. The summed E-state index contributed by atoms with van der Waals surface area (Å²) < 4.78 is 15.1. The molecule has 0 nitrogen and oxygen atoms in total. The Morgan fingerprint density at radius 3 is 1.68 bits per heavy atom. The zero-order chi connectivity index (χ0) is 42.8. The summed E-state index contributed by atoms with van der Waals surface area (Å²) in [7, 11) is 0. The van der Waals surface area contributed by atoms with Gasteiger partial charge in [0.1, 0.15) is 5.82 Å². The van der Waals surface area contributed by atoms with E-state index in [0.29, 0.717) is 11.5 Å². The normalized spacial score (nSPS) is 11.8. The molecule has 10 rings (SSSR count). The summed E-state index contributed by atoms with van der Waals surface area (Å²) in [5.41, 5.74) is 13.5. The van der Waals surface area contributed by atoms with Crippen molar-refractivity contribution < 1.29 is 4.39 Å². The number of thiophene rings is 1. The second-order valence-corrected chi connectivity index (χ2v) is 17.6. The molecular weight excluding hydrogens is 748 g/mol. The number of hydrogen-bond acceptors (Lipinski definition) is 1. The number of aryl methyl sites for hydroxylation is 5. The number of fused-ring (bicyclic) bond motifs is 8. The lowest BCUT2D eigenvalue weighted by molar-refractivity contribution is 0.618. The number of rotatable bonds is 2. The van der Waals surface area contributed by atoms with E-state index in [9.17, 15) is 4.39 Å². The number of halogens is 1. The highest BCUT2D eigenvalue weighted by Gasteiger charge is 2.36. The first kappa shape index (κ1) is 43.7. The van der Waals surface area contributed by atoms with E-state index in [1.807, 2.05) is 41.7 Å². The molecule has 0 amide bonds. The summed E-state index contributed by atoms with van der Waals surface area (Å²) in [6.45, 7) is 19.6. The SMILES string of the molecule is CC(C)c1ccccc1.CCc1cccc2sc3ccccc3c12.Cc1ccc2c(c1)C(C)(C)c1cc(C)c3ccccc3c1-2.Cc1ccccc1.Cc1ccccc1F. The number of benzene rings is 8. The van der Waals surface area contributed by atoms with Gasteiger partial charge in [-0.1, -0.05) is 203 Å². The summed E-state index contributed by atoms with van der Waals surface area (Å²) in [6.07, 6.45) is 1.11. The Morgan fingerprint density at radius 2 is 1.10 bits per heavy atom. The Labute approximate surface area is 362 Å². The maximum Gasteiger partial charge on any atom is 0.126 e. The molecule has 60 heavy (non-hydrogen) atoms. The summed E-state index contributed by atoms with van der Waals surface area (Å²) >= 11 is 1.89. The van der Waals surface area contributed by atoms with Gasteiger partial charge in [-0.05, 0) is 114 Å². The molecule has 0 bridgehead atoms. The van der Waals surface area contributed by atoms with Crippen molar-refractivity contribution in [3.63, 3.8) is 0 Å². The molecule has 0 saturated carbocycles. The lowest BCUT2D eigenvalue weighted by Gasteiger charge is -2.22. The Kier molecular flexibility index (Phi) is 14.5. The fourth-order valence-corrected chi connectivity index (χ4v) is 9.10. The summed E-state index contributed by atoms with van der Waals surface area (Å²) in [5, 5.41) is 5.64. The van der Waals surface area contributed by atoms with Crippen molar-refractivity contribution in [3.8, 4) is 11.1 Å². The Balaban J connectivity index is 0.000000135. The van der Waals surface area contributed by atoms with Crippen LogP contribution >= 0.6 is 11.3 Å². The second kappa shape index (κ2) is 19.9. The molecular formula is C58H59FS. The first-order valence-electron chi connectivity index (χ1n) is 21.2. The minimum Gasteiger partial charge on any atom is -0.207 e. The van der Waals surface area contributed by atoms with Gasteiger partial charge in [0.15, 0.2) is 0 Å². The molecule has 8 aromatic carbocycles. The predicted octanol–water partition coefficient (Wildman–Crippen LogP) is 17.3. The first-order chi connectivity index (χ1) is 28.9. The topological polar surface area (TPSA) is 0 Å². The minimum absolute atomic E-state index is 0.0888. The monoisotopic (exact) mass is 806 g/mol. The Hall–Kier alpha value is -5.83. The quantitative estimate of drug-likeness (QED) is 0.163. The summed E-state index contributed by atoms with van der Waals surface area (Å²) in [5.74, 6) is 0.527. The van der Waals surface area contributed by atoms with Crippen molar-refractivity contribution in [3.05, 3.63) is 226 Å². The third-order valence-corrected chi connectivity index (χ3v) is 12.5. The standard InChI is InChI=1S/C21H20.C14H12S.C9H12.C7H7F.C7H8/c1-13-9-10-17-18(11-13)21(3,4)19-12-14(2)15-7-5-6-8-16(15)20(17)19;1-2-10-6-5-9-13-14(10)11-7-3-4-8-12(11)15-13;1-8(2)9-6-4-3-5-7-9;1-6-4-2-3-5-7(6)8;1-7-5-3-2-4-6-7/h5-12H,1-4H3;3-9H,2H2,1H3;3-8H,1-2H3;2-5H,1H3;2-6H,1H3. The molecule has 1 aliphatic rings. The van der Waals surface area contributed by atoms with Crippen molar-refractivity contribution in [1.82, 2.24) is 0 Å². The third kappa shape index (κ3) is 10.1. The van der Waals surface area contributed by atoms with Crippen molar-refractivity contribution >= 4 is 42.3 Å². The van der Waals surface area contributed by atoms with Gasteiger partial charge in [-0.25, -0.2) is 4.39 Å². The molecule has 1 aromatic heterocycles. The van der Waals surface area contributed by atoms with Crippen LogP contribution in [0.15, 0.2) is 176 Å². The van der Waals surface area contributed by atoms with E-state index in [2.05, 4.69) is 183 Å². The molecule has 304 valence electrons. The van der Waals surface area contributed by atoms with Crippen LogP contribution in [0.3, 0.4) is 0 Å². The van der Waals surface area contributed by atoms with Crippen LogP contribution in [-0.2, 0) is 11.8 Å². The van der Waals surface area contributed by atoms with Gasteiger partial charge < -0.3 is 0 Å². The van der Waals surface area contributed by atoms with Crippen LogP contribution in [0.25, 0.3) is 42.1 Å². The van der Waals surface area contributed by atoms with Crippen LogP contribution in [0.2, 0.25) is 0 Å². The van der Waals surface area contributed by atoms with Gasteiger partial charge in [0.05, 0.1) is 0 Å². The molecule has 0 N–H and O–H groups in total. The smallest absolute Gasteiger partial charge is 0.126 e. The van der Waals surface area contributed by atoms with E-state index in [4.69, 9.17) is 0 Å². The lowest BCUT2D eigenvalue weighted by atomic mass is 9.81. The van der Waals surface area contributed by atoms with E-state index in [-0.39, 0.29) is 11.2 Å². The average molecular weight is 807 g/mol. The van der Waals surface area contributed by atoms with Gasteiger partial charge in [-0.3, -0.25) is 0 Å². The summed E-state index contributed by atoms with van der Waals surface area (Å²) in [4.78, 5) is 0. The van der Waals surface area contributed by atoms with Gasteiger partial charge in [0.2, 0.25) is 0 Å². The highest BCUT2D eigenvalue weighted by molar-refractivity contribution is 7.25. The highest BCUT2D eigenvalue weighted by atomic mass is 32.1. The van der Waals surface area contributed by atoms with Gasteiger partial charge in [-0.15, -0.1) is 11.3 Å². The van der Waals surface area contributed by atoms with Crippen LogP contribution in [-0.4, -0.2) is 0 Å². The Bertz CT molecular complexity index is 2770. The number of hydrogen-bond donors (Lipinski definition) is 0. The van der Waals surface area contributed by atoms with Crippen LogP contribution in [0.5, 0.6) is 0 Å². The maximum atomic E-state index is 12.3. The molecule has 0 aliphatic heterocycles. The van der Waals surface area contributed by atoms with Gasteiger partial charge in [-0.2, -0.15) is 0 Å². The largest absolute Gasteiger partial charge is 0.207 e. The van der Waals surface area contributed by atoms with E-state index >= 15 is 0 Å². The van der Waals surface area contributed by atoms with Crippen LogP contribution in [0.4, 0.5) is 4.39 Å². The fourth-order valence-electron chi connectivity index (χ4n) is 7.94. The molecule has 1 aliphatic carbocycles. The van der Waals surface area contributed by atoms with E-state index < -0.39 is 0 Å². The van der Waals surface area contributed by atoms with E-state index in [0.717, 1.165) is 6.42 Å². The molecule has 2 heteroatoms. The Morgan fingerprint density at radius 1 is 0.517 bits per heavy atom. The molecule has 0 radical (unpaired) electrons. The third-order valence-electron chi connectivity index (χ3n) is 11.4. The van der Waals surface area contributed by atoms with E-state index in [1.54, 1.807) is 19.1 Å². The van der Waals surface area contributed by atoms with Gasteiger partial charge >= 0.3 is 0 Å². The molecule has 1 heterocycles. The van der Waals surface area contributed by atoms with Gasteiger partial charge in [0, 0.05) is 25.6 Å². The van der Waals surface area contributed by atoms with E-state index in [1.165, 1.54) is 87.1 Å². The molecule has 0 saturated heterocycles. The van der Waals surface area contributed by atoms with Crippen LogP contribution in [0, 0.1) is 33.5 Å². The second-order valence-electron chi connectivity index (χ2n) is 16.5. The van der Waals surface area contributed by atoms with Crippen LogP contribution < -0.4 is 0 Å². The maximum absolute atomic E-state index is 12.3. The fraction of sp³-hybridized carbons (Fsp3) is 0.207. The van der Waals surface area contributed by atoms with Crippen LogP contribution in [0.1, 0.15) is 85.0 Å². The first-order valence-corrected chi connectivity index (χ1v) is 22.0. The predicted molar refractivity (Wildman–Crippen MR) is 263 cm³/mol. The minimum atomic E-state index is -0.132. The van der Waals surface area contributed by atoms with Crippen molar-refractivity contribution in [2.45, 2.75) is 80.1 Å². The molecule has 0 atom stereocenters.